The lowest BCUT2D eigenvalue weighted by Crippen LogP contribution is -2.01. The van der Waals surface area contributed by atoms with Crippen LogP contribution in [0.2, 0.25) is 5.02 Å². The highest BCUT2D eigenvalue weighted by Gasteiger charge is 2.09. The van der Waals surface area contributed by atoms with E-state index in [-0.39, 0.29) is 5.75 Å². The maximum absolute atomic E-state index is 9.80. The van der Waals surface area contributed by atoms with Crippen molar-refractivity contribution < 1.29 is 9.84 Å². The summed E-state index contributed by atoms with van der Waals surface area (Å²) in [5, 5.41) is 13.8. The van der Waals surface area contributed by atoms with Gasteiger partial charge in [-0.3, -0.25) is 0 Å². The Morgan fingerprint density at radius 1 is 1.19 bits per heavy atom. The van der Waals surface area contributed by atoms with Crippen molar-refractivity contribution in [2.75, 3.05) is 12.4 Å². The van der Waals surface area contributed by atoms with Crippen LogP contribution in [0.4, 0.5) is 5.69 Å². The monoisotopic (exact) mass is 433 g/mol. The third-order valence-electron chi connectivity index (χ3n) is 3.04. The minimum Gasteiger partial charge on any atom is -0.503 e. The normalized spacial score (nSPS) is 10.5. The second kappa shape index (κ2) is 6.90. The molecule has 0 heterocycles. The molecule has 0 aliphatic heterocycles. The van der Waals surface area contributed by atoms with E-state index in [1.807, 2.05) is 25.1 Å². The number of nitrogens with one attached hydrogen (secondary N) is 1. The summed E-state index contributed by atoms with van der Waals surface area (Å²) in [5.74, 6) is 0.531. The molecule has 0 saturated carbocycles. The maximum Gasteiger partial charge on any atom is 0.172 e. The molecule has 0 aliphatic rings. The first-order valence-electron chi connectivity index (χ1n) is 6.17. The SMILES string of the molecule is COc1cc(CNc2cc(Cl)c(C)cc2Br)cc(Br)c1O. The zero-order chi connectivity index (χ0) is 15.6. The van der Waals surface area contributed by atoms with Crippen LogP contribution in [0.1, 0.15) is 11.1 Å². The van der Waals surface area contributed by atoms with Gasteiger partial charge in [-0.15, -0.1) is 0 Å². The molecule has 0 aliphatic carbocycles. The van der Waals surface area contributed by atoms with Crippen molar-refractivity contribution >= 4 is 49.1 Å². The van der Waals surface area contributed by atoms with E-state index in [1.54, 1.807) is 6.07 Å². The molecule has 112 valence electrons. The fourth-order valence-corrected chi connectivity index (χ4v) is 3.12. The third-order valence-corrected chi connectivity index (χ3v) is 4.71. The molecular formula is C15H14Br2ClNO2. The molecule has 0 aromatic heterocycles. The molecule has 6 heteroatoms. The molecule has 0 radical (unpaired) electrons. The summed E-state index contributed by atoms with van der Waals surface area (Å²) >= 11 is 13.0. The number of methoxy groups -OCH3 is 1. The Morgan fingerprint density at radius 2 is 1.90 bits per heavy atom. The van der Waals surface area contributed by atoms with Crippen molar-refractivity contribution in [1.82, 2.24) is 0 Å². The van der Waals surface area contributed by atoms with Crippen LogP contribution in [-0.2, 0) is 6.54 Å². The quantitative estimate of drug-likeness (QED) is 0.666. The van der Waals surface area contributed by atoms with Crippen molar-refractivity contribution in [3.05, 3.63) is 49.4 Å². The zero-order valence-corrected chi connectivity index (χ0v) is 15.4. The Hall–Kier alpha value is -0.910. The van der Waals surface area contributed by atoms with E-state index in [0.29, 0.717) is 21.8 Å². The number of aryl methyl sites for hydroxylation is 1. The van der Waals surface area contributed by atoms with Crippen LogP contribution in [0.15, 0.2) is 33.2 Å². The topological polar surface area (TPSA) is 41.5 Å². The molecular weight excluding hydrogens is 421 g/mol. The average molecular weight is 436 g/mol. The first-order valence-corrected chi connectivity index (χ1v) is 8.13. The highest BCUT2D eigenvalue weighted by molar-refractivity contribution is 9.11. The Morgan fingerprint density at radius 3 is 2.57 bits per heavy atom. The molecule has 21 heavy (non-hydrogen) atoms. The van der Waals surface area contributed by atoms with E-state index in [1.165, 1.54) is 7.11 Å². The number of phenols is 1. The van der Waals surface area contributed by atoms with Crippen LogP contribution < -0.4 is 10.1 Å². The van der Waals surface area contributed by atoms with Gasteiger partial charge in [-0.1, -0.05) is 11.6 Å². The molecule has 2 N–H and O–H groups in total. The molecule has 0 unspecified atom stereocenters. The summed E-state index contributed by atoms with van der Waals surface area (Å²) in [6.07, 6.45) is 0. The largest absolute Gasteiger partial charge is 0.503 e. The van der Waals surface area contributed by atoms with Gasteiger partial charge in [0.25, 0.3) is 0 Å². The smallest absolute Gasteiger partial charge is 0.172 e. The number of hydrogen-bond donors (Lipinski definition) is 2. The third kappa shape index (κ3) is 3.84. The Kier molecular flexibility index (Phi) is 5.41. The standard InChI is InChI=1S/C15H14Br2ClNO2/c1-8-3-10(16)13(6-12(8)18)19-7-9-4-11(17)15(20)14(5-9)21-2/h3-6,19-20H,7H2,1-2H3. The maximum atomic E-state index is 9.80. The summed E-state index contributed by atoms with van der Waals surface area (Å²) in [7, 11) is 1.52. The van der Waals surface area contributed by atoms with Crippen LogP contribution in [0.3, 0.4) is 0 Å². The first kappa shape index (κ1) is 16.5. The number of aromatic hydroxyl groups is 1. The number of hydrogen-bond acceptors (Lipinski definition) is 3. The number of benzene rings is 2. The molecule has 0 fully saturated rings. The molecule has 2 aromatic carbocycles. The summed E-state index contributed by atoms with van der Waals surface area (Å²) in [6.45, 7) is 2.53. The second-order valence-electron chi connectivity index (χ2n) is 4.56. The van der Waals surface area contributed by atoms with Crippen LogP contribution >= 0.6 is 43.5 Å². The van der Waals surface area contributed by atoms with Crippen molar-refractivity contribution in [3.8, 4) is 11.5 Å². The van der Waals surface area contributed by atoms with Crippen molar-refractivity contribution in [2.24, 2.45) is 0 Å². The number of anilines is 1. The van der Waals surface area contributed by atoms with Gasteiger partial charge in [0.1, 0.15) is 0 Å². The molecule has 0 spiro atoms. The van der Waals surface area contributed by atoms with Crippen molar-refractivity contribution in [1.29, 1.82) is 0 Å². The van der Waals surface area contributed by atoms with Crippen LogP contribution in [0.25, 0.3) is 0 Å². The van der Waals surface area contributed by atoms with Crippen LogP contribution in [0, 0.1) is 6.92 Å². The van der Waals surface area contributed by atoms with Gasteiger partial charge in [0.15, 0.2) is 11.5 Å². The molecule has 2 aromatic rings. The van der Waals surface area contributed by atoms with Gasteiger partial charge < -0.3 is 15.2 Å². The summed E-state index contributed by atoms with van der Waals surface area (Å²) in [6, 6.07) is 7.48. The highest BCUT2D eigenvalue weighted by Crippen LogP contribution is 2.36. The van der Waals surface area contributed by atoms with Crippen LogP contribution in [0.5, 0.6) is 11.5 Å². The molecule has 0 amide bonds. The van der Waals surface area contributed by atoms with Gasteiger partial charge >= 0.3 is 0 Å². The summed E-state index contributed by atoms with van der Waals surface area (Å²) < 4.78 is 6.69. The predicted molar refractivity (Wildman–Crippen MR) is 93.6 cm³/mol. The predicted octanol–water partition coefficient (Wildman–Crippen LogP) is 5.50. The zero-order valence-electron chi connectivity index (χ0n) is 11.5. The second-order valence-corrected chi connectivity index (χ2v) is 6.68. The van der Waals surface area contributed by atoms with Gasteiger partial charge in [0.2, 0.25) is 0 Å². The number of phenolic OH excluding ortho intramolecular Hbond substituents is 1. The van der Waals surface area contributed by atoms with E-state index < -0.39 is 0 Å². The average Bonchev–Trinajstić information content (AvgIpc) is 2.44. The van der Waals surface area contributed by atoms with E-state index in [9.17, 15) is 5.11 Å². The van der Waals surface area contributed by atoms with Gasteiger partial charge in [0, 0.05) is 16.0 Å². The van der Waals surface area contributed by atoms with Crippen molar-refractivity contribution in [2.45, 2.75) is 13.5 Å². The Bertz CT molecular complexity index is 677. The fraction of sp³-hybridized carbons (Fsp3) is 0.200. The lowest BCUT2D eigenvalue weighted by atomic mass is 10.2. The molecule has 0 atom stereocenters. The summed E-state index contributed by atoms with van der Waals surface area (Å²) in [5.41, 5.74) is 2.90. The number of rotatable bonds is 4. The van der Waals surface area contributed by atoms with Crippen molar-refractivity contribution in [3.63, 3.8) is 0 Å². The summed E-state index contributed by atoms with van der Waals surface area (Å²) in [4.78, 5) is 0. The van der Waals surface area contributed by atoms with Gasteiger partial charge in [-0.25, -0.2) is 0 Å². The first-order chi connectivity index (χ1) is 9.92. The van der Waals surface area contributed by atoms with Crippen LogP contribution in [-0.4, -0.2) is 12.2 Å². The van der Waals surface area contributed by atoms with E-state index in [4.69, 9.17) is 16.3 Å². The lowest BCUT2D eigenvalue weighted by Gasteiger charge is -2.13. The number of halogens is 3. The molecule has 3 nitrogen and oxygen atoms in total. The Labute approximate surface area is 145 Å². The van der Waals surface area contributed by atoms with E-state index >= 15 is 0 Å². The van der Waals surface area contributed by atoms with E-state index in [0.717, 1.165) is 21.3 Å². The van der Waals surface area contributed by atoms with Gasteiger partial charge in [-0.2, -0.15) is 0 Å². The molecule has 2 rings (SSSR count). The lowest BCUT2D eigenvalue weighted by molar-refractivity contribution is 0.371. The fourth-order valence-electron chi connectivity index (χ4n) is 1.86. The number of ether oxygens (including phenoxy) is 1. The molecule has 0 saturated heterocycles. The van der Waals surface area contributed by atoms with Gasteiger partial charge in [-0.05, 0) is 74.2 Å². The van der Waals surface area contributed by atoms with E-state index in [2.05, 4.69) is 37.2 Å². The minimum atomic E-state index is 0.0980. The molecule has 0 bridgehead atoms. The highest BCUT2D eigenvalue weighted by atomic mass is 79.9. The minimum absolute atomic E-state index is 0.0980. The Balaban J connectivity index is 2.21. The van der Waals surface area contributed by atoms with Gasteiger partial charge in [0.05, 0.1) is 17.3 Å².